The Bertz CT molecular complexity index is 255. The average Bonchev–Trinajstić information content (AvgIpc) is 2.24. The number of carbonyl (C=O) groups excluding carboxylic acids is 2. The quantitative estimate of drug-likeness (QED) is 0.658. The minimum atomic E-state index is -0.331. The molecule has 2 amide bonds. The van der Waals surface area contributed by atoms with Gasteiger partial charge in [-0.15, -0.1) is 0 Å². The molecule has 1 fully saturated rings. The fourth-order valence-electron chi connectivity index (χ4n) is 1.65. The Labute approximate surface area is 84.7 Å². The Kier molecular flexibility index (Phi) is 2.95. The first-order chi connectivity index (χ1) is 6.35. The summed E-state index contributed by atoms with van der Waals surface area (Å²) in [6.07, 6.45) is 0.296. The van der Waals surface area contributed by atoms with Gasteiger partial charge in [-0.05, 0) is 27.7 Å². The van der Waals surface area contributed by atoms with Crippen molar-refractivity contribution in [3.63, 3.8) is 0 Å². The topological polar surface area (TPSA) is 49.4 Å². The largest absolute Gasteiger partial charge is 0.301 e. The average molecular weight is 198 g/mol. The lowest BCUT2D eigenvalue weighted by Gasteiger charge is -2.24. The summed E-state index contributed by atoms with van der Waals surface area (Å²) in [5.74, 6) is -0.160. The first-order valence-electron chi connectivity index (χ1n) is 4.97. The van der Waals surface area contributed by atoms with Gasteiger partial charge in [-0.1, -0.05) is 0 Å². The molecular weight excluding hydrogens is 180 g/mol. The molecule has 1 saturated heterocycles. The monoisotopic (exact) mass is 198 g/mol. The van der Waals surface area contributed by atoms with Gasteiger partial charge in [0.05, 0.1) is 12.5 Å². The minimum absolute atomic E-state index is 0.0701. The fourth-order valence-corrected chi connectivity index (χ4v) is 1.65. The van der Waals surface area contributed by atoms with E-state index < -0.39 is 0 Å². The Morgan fingerprint density at radius 1 is 1.43 bits per heavy atom. The van der Waals surface area contributed by atoms with Crippen molar-refractivity contribution >= 4 is 11.8 Å². The standard InChI is InChI=1S/C10H18N2O2/c1-5-12-8(13)6-7(9(12)14)11-10(2,3)4/h7,11H,5-6H2,1-4H3. The van der Waals surface area contributed by atoms with E-state index in [4.69, 9.17) is 0 Å². The second-order valence-electron chi connectivity index (χ2n) is 4.63. The third kappa shape index (κ3) is 2.32. The highest BCUT2D eigenvalue weighted by molar-refractivity contribution is 6.05. The van der Waals surface area contributed by atoms with Gasteiger partial charge in [0.2, 0.25) is 11.8 Å². The highest BCUT2D eigenvalue weighted by Crippen LogP contribution is 2.15. The van der Waals surface area contributed by atoms with Crippen molar-refractivity contribution in [1.82, 2.24) is 10.2 Å². The van der Waals surface area contributed by atoms with Gasteiger partial charge in [0.1, 0.15) is 0 Å². The predicted octanol–water partition coefficient (Wildman–Crippen LogP) is 0.522. The summed E-state index contributed by atoms with van der Waals surface area (Å²) in [4.78, 5) is 24.4. The number of nitrogens with one attached hydrogen (secondary N) is 1. The van der Waals surface area contributed by atoms with E-state index in [9.17, 15) is 9.59 Å². The van der Waals surface area contributed by atoms with Crippen LogP contribution in [0, 0.1) is 0 Å². The maximum Gasteiger partial charge on any atom is 0.246 e. The lowest BCUT2D eigenvalue weighted by atomic mass is 10.1. The number of likely N-dealkylation sites (N-methyl/N-ethyl adjacent to an activating group) is 1. The number of carbonyl (C=O) groups is 2. The summed E-state index contributed by atoms with van der Waals surface area (Å²) in [5.41, 5.74) is -0.135. The molecule has 1 unspecified atom stereocenters. The van der Waals surface area contributed by atoms with Crippen molar-refractivity contribution in [2.75, 3.05) is 6.54 Å². The molecular formula is C10H18N2O2. The molecule has 0 aromatic carbocycles. The summed E-state index contributed by atoms with van der Waals surface area (Å²) in [7, 11) is 0. The first-order valence-corrected chi connectivity index (χ1v) is 4.97. The molecule has 0 aromatic rings. The van der Waals surface area contributed by atoms with Crippen molar-refractivity contribution in [1.29, 1.82) is 0 Å². The maximum absolute atomic E-state index is 11.7. The lowest BCUT2D eigenvalue weighted by Crippen LogP contribution is -2.47. The van der Waals surface area contributed by atoms with E-state index in [2.05, 4.69) is 5.32 Å². The van der Waals surface area contributed by atoms with E-state index in [1.165, 1.54) is 4.90 Å². The van der Waals surface area contributed by atoms with E-state index in [0.29, 0.717) is 13.0 Å². The van der Waals surface area contributed by atoms with Crippen LogP contribution < -0.4 is 5.32 Å². The summed E-state index contributed by atoms with van der Waals surface area (Å²) >= 11 is 0. The second-order valence-corrected chi connectivity index (χ2v) is 4.63. The van der Waals surface area contributed by atoms with Gasteiger partial charge in [0.25, 0.3) is 0 Å². The van der Waals surface area contributed by atoms with Crippen molar-refractivity contribution < 1.29 is 9.59 Å². The highest BCUT2D eigenvalue weighted by Gasteiger charge is 2.38. The Hall–Kier alpha value is -0.900. The van der Waals surface area contributed by atoms with E-state index in [1.807, 2.05) is 27.7 Å². The summed E-state index contributed by atoms with van der Waals surface area (Å²) in [6.45, 7) is 8.24. The van der Waals surface area contributed by atoms with Crippen LogP contribution in [-0.4, -0.2) is 34.8 Å². The second kappa shape index (κ2) is 3.69. The van der Waals surface area contributed by atoms with Gasteiger partial charge in [-0.25, -0.2) is 0 Å². The Morgan fingerprint density at radius 2 is 2.00 bits per heavy atom. The number of likely N-dealkylation sites (tertiary alicyclic amines) is 1. The number of rotatable bonds is 2. The molecule has 0 spiro atoms. The molecule has 0 radical (unpaired) electrons. The normalized spacial score (nSPS) is 23.4. The zero-order valence-corrected chi connectivity index (χ0v) is 9.26. The summed E-state index contributed by atoms with van der Waals surface area (Å²) in [6, 6.07) is -0.331. The van der Waals surface area contributed by atoms with Gasteiger partial charge in [-0.2, -0.15) is 0 Å². The molecule has 4 nitrogen and oxygen atoms in total. The zero-order chi connectivity index (χ0) is 10.9. The molecule has 1 atom stereocenters. The minimum Gasteiger partial charge on any atom is -0.301 e. The summed E-state index contributed by atoms with van der Waals surface area (Å²) < 4.78 is 0. The number of imide groups is 1. The third-order valence-corrected chi connectivity index (χ3v) is 2.17. The van der Waals surface area contributed by atoms with Crippen molar-refractivity contribution in [2.24, 2.45) is 0 Å². The van der Waals surface area contributed by atoms with Gasteiger partial charge in [0.15, 0.2) is 0 Å². The molecule has 0 aromatic heterocycles. The van der Waals surface area contributed by atoms with Gasteiger partial charge >= 0.3 is 0 Å². The van der Waals surface area contributed by atoms with Crippen LogP contribution in [0.15, 0.2) is 0 Å². The van der Waals surface area contributed by atoms with Crippen LogP contribution in [0.1, 0.15) is 34.1 Å². The van der Waals surface area contributed by atoms with E-state index in [0.717, 1.165) is 0 Å². The smallest absolute Gasteiger partial charge is 0.246 e. The van der Waals surface area contributed by atoms with Crippen molar-refractivity contribution in [3.05, 3.63) is 0 Å². The molecule has 4 heteroatoms. The lowest BCUT2D eigenvalue weighted by molar-refractivity contribution is -0.138. The van der Waals surface area contributed by atoms with Crippen LogP contribution in [0.5, 0.6) is 0 Å². The van der Waals surface area contributed by atoms with Crippen LogP contribution in [-0.2, 0) is 9.59 Å². The number of hydrogen-bond donors (Lipinski definition) is 1. The van der Waals surface area contributed by atoms with Crippen LogP contribution in [0.25, 0.3) is 0 Å². The molecule has 0 bridgehead atoms. The fraction of sp³-hybridized carbons (Fsp3) is 0.800. The zero-order valence-electron chi connectivity index (χ0n) is 9.26. The molecule has 80 valence electrons. The molecule has 0 aliphatic carbocycles. The van der Waals surface area contributed by atoms with Gasteiger partial charge in [0, 0.05) is 12.1 Å². The van der Waals surface area contributed by atoms with Gasteiger partial charge < -0.3 is 5.32 Å². The van der Waals surface area contributed by atoms with Crippen LogP contribution >= 0.6 is 0 Å². The molecule has 0 saturated carbocycles. The number of nitrogens with zero attached hydrogens (tertiary/aromatic N) is 1. The van der Waals surface area contributed by atoms with Crippen molar-refractivity contribution in [3.8, 4) is 0 Å². The van der Waals surface area contributed by atoms with E-state index >= 15 is 0 Å². The molecule has 14 heavy (non-hydrogen) atoms. The molecule has 1 aliphatic rings. The number of hydrogen-bond acceptors (Lipinski definition) is 3. The maximum atomic E-state index is 11.7. The first kappa shape index (κ1) is 11.2. The Balaban J connectivity index is 2.67. The number of amides is 2. The Morgan fingerprint density at radius 3 is 2.36 bits per heavy atom. The van der Waals surface area contributed by atoms with Crippen LogP contribution in [0.2, 0.25) is 0 Å². The van der Waals surface area contributed by atoms with E-state index in [-0.39, 0.29) is 23.4 Å². The van der Waals surface area contributed by atoms with Crippen LogP contribution in [0.3, 0.4) is 0 Å². The van der Waals surface area contributed by atoms with Crippen LogP contribution in [0.4, 0.5) is 0 Å². The SMILES string of the molecule is CCN1C(=O)CC(NC(C)(C)C)C1=O. The predicted molar refractivity (Wildman–Crippen MR) is 53.7 cm³/mol. The van der Waals surface area contributed by atoms with Gasteiger partial charge in [-0.3, -0.25) is 14.5 Å². The summed E-state index contributed by atoms with van der Waals surface area (Å²) in [5, 5.41) is 3.15. The van der Waals surface area contributed by atoms with Crippen molar-refractivity contribution in [2.45, 2.75) is 45.7 Å². The van der Waals surface area contributed by atoms with E-state index in [1.54, 1.807) is 0 Å². The third-order valence-electron chi connectivity index (χ3n) is 2.17. The molecule has 1 N–H and O–H groups in total. The molecule has 1 rings (SSSR count). The highest BCUT2D eigenvalue weighted by atomic mass is 16.2. The molecule has 1 heterocycles. The molecule has 1 aliphatic heterocycles.